The summed E-state index contributed by atoms with van der Waals surface area (Å²) >= 11 is 5.87. The molecular weight excluding hydrogens is 400 g/mol. The van der Waals surface area contributed by atoms with Crippen molar-refractivity contribution < 1.29 is 9.59 Å². The fraction of sp³-hybridized carbons (Fsp3) is 0.391. The van der Waals surface area contributed by atoms with Crippen LogP contribution in [0.5, 0.6) is 0 Å². The van der Waals surface area contributed by atoms with Crippen LogP contribution in [0.25, 0.3) is 0 Å². The average molecular weight is 429 g/mol. The number of nitrogens with zero attached hydrogens (tertiary/aromatic N) is 1. The predicted molar refractivity (Wildman–Crippen MR) is 121 cm³/mol. The Kier molecular flexibility index (Phi) is 7.57. The molecule has 2 aromatic carbocycles. The summed E-state index contributed by atoms with van der Waals surface area (Å²) in [4.78, 5) is 26.8. The van der Waals surface area contributed by atoms with Crippen LogP contribution in [-0.4, -0.2) is 38.1 Å². The van der Waals surface area contributed by atoms with E-state index in [0.29, 0.717) is 17.1 Å². The van der Waals surface area contributed by atoms with Crippen molar-refractivity contribution in [3.63, 3.8) is 0 Å². The maximum atomic E-state index is 12.7. The van der Waals surface area contributed by atoms with Crippen LogP contribution < -0.4 is 20.9 Å². The topological polar surface area (TPSA) is 73.5 Å². The Bertz CT molecular complexity index is 862. The van der Waals surface area contributed by atoms with Gasteiger partial charge in [-0.2, -0.15) is 0 Å². The molecule has 1 aliphatic rings. The van der Waals surface area contributed by atoms with Gasteiger partial charge in [0.25, 0.3) is 5.91 Å². The zero-order chi connectivity index (χ0) is 21.5. The van der Waals surface area contributed by atoms with Gasteiger partial charge in [0.05, 0.1) is 5.56 Å². The number of benzene rings is 2. The number of anilines is 1. The van der Waals surface area contributed by atoms with E-state index in [0.717, 1.165) is 36.9 Å². The van der Waals surface area contributed by atoms with Crippen LogP contribution >= 0.6 is 11.6 Å². The lowest BCUT2D eigenvalue weighted by molar-refractivity contribution is 0.0925. The minimum atomic E-state index is -0.169. The van der Waals surface area contributed by atoms with E-state index in [4.69, 9.17) is 11.6 Å². The highest BCUT2D eigenvalue weighted by molar-refractivity contribution is 6.30. The highest BCUT2D eigenvalue weighted by Gasteiger charge is 2.24. The fourth-order valence-electron chi connectivity index (χ4n) is 3.72. The molecule has 0 radical (unpaired) electrons. The van der Waals surface area contributed by atoms with Crippen LogP contribution in [0.2, 0.25) is 5.02 Å². The van der Waals surface area contributed by atoms with Crippen LogP contribution in [0.3, 0.4) is 0 Å². The third-order valence-corrected chi connectivity index (χ3v) is 5.65. The summed E-state index contributed by atoms with van der Waals surface area (Å²) in [6.45, 7) is 0.458. The minimum Gasteiger partial charge on any atom is -0.377 e. The maximum absolute atomic E-state index is 12.7. The van der Waals surface area contributed by atoms with E-state index < -0.39 is 0 Å². The zero-order valence-electron chi connectivity index (χ0n) is 17.5. The van der Waals surface area contributed by atoms with E-state index in [-0.39, 0.29) is 24.0 Å². The molecule has 0 spiro atoms. The van der Waals surface area contributed by atoms with Gasteiger partial charge in [-0.1, -0.05) is 35.9 Å². The Labute approximate surface area is 183 Å². The lowest BCUT2D eigenvalue weighted by Crippen LogP contribution is -2.46. The van der Waals surface area contributed by atoms with E-state index in [9.17, 15) is 9.59 Å². The quantitative estimate of drug-likeness (QED) is 0.652. The summed E-state index contributed by atoms with van der Waals surface area (Å²) in [6.07, 6.45) is 3.37. The van der Waals surface area contributed by atoms with Crippen LogP contribution in [-0.2, 0) is 6.54 Å². The van der Waals surface area contributed by atoms with Crippen LogP contribution in [0, 0.1) is 0 Å². The van der Waals surface area contributed by atoms with Gasteiger partial charge in [-0.3, -0.25) is 4.79 Å². The smallest absolute Gasteiger partial charge is 0.315 e. The fourth-order valence-corrected chi connectivity index (χ4v) is 3.85. The third kappa shape index (κ3) is 6.13. The molecular formula is C23H29ClN4O2. The van der Waals surface area contributed by atoms with E-state index in [1.165, 1.54) is 0 Å². The maximum Gasteiger partial charge on any atom is 0.315 e. The van der Waals surface area contributed by atoms with Crippen molar-refractivity contribution in [3.05, 3.63) is 64.7 Å². The average Bonchev–Trinajstić information content (AvgIpc) is 2.74. The molecule has 1 fully saturated rings. The predicted octanol–water partition coefficient (Wildman–Crippen LogP) is 3.95. The molecule has 0 aromatic heterocycles. The summed E-state index contributed by atoms with van der Waals surface area (Å²) in [5.41, 5.74) is 2.59. The molecule has 6 nitrogen and oxygen atoms in total. The number of hydrogen-bond donors (Lipinski definition) is 3. The third-order valence-electron chi connectivity index (χ3n) is 5.39. The second-order valence-corrected chi connectivity index (χ2v) is 8.32. The number of carbonyl (C=O) groups excluding carboxylic acids is 2. The standard InChI is InChI=1S/C23H29ClN4O2/c1-28(2)21-6-4-3-5-20(21)22(29)26-18-11-13-19(14-12-18)27-23(30)25-15-16-7-9-17(24)10-8-16/h3-10,18-19H,11-15H2,1-2H3,(H,26,29)(H2,25,27,30). The van der Waals surface area contributed by atoms with Crippen molar-refractivity contribution in [1.29, 1.82) is 0 Å². The Morgan fingerprint density at radius 3 is 2.17 bits per heavy atom. The second-order valence-electron chi connectivity index (χ2n) is 7.89. The molecule has 1 aliphatic carbocycles. The molecule has 0 aliphatic heterocycles. The Morgan fingerprint density at radius 2 is 1.53 bits per heavy atom. The first kappa shape index (κ1) is 22.0. The summed E-state index contributed by atoms with van der Waals surface area (Å²) in [5, 5.41) is 9.74. The first-order valence-corrected chi connectivity index (χ1v) is 10.7. The number of urea groups is 1. The summed E-state index contributed by atoms with van der Waals surface area (Å²) < 4.78 is 0. The number of amides is 3. The molecule has 0 heterocycles. The van der Waals surface area contributed by atoms with Gasteiger partial charge in [-0.25, -0.2) is 4.79 Å². The molecule has 2 aromatic rings. The monoisotopic (exact) mass is 428 g/mol. The van der Waals surface area contributed by atoms with Crippen molar-refractivity contribution >= 4 is 29.2 Å². The van der Waals surface area contributed by atoms with E-state index >= 15 is 0 Å². The molecule has 0 atom stereocenters. The van der Waals surface area contributed by atoms with E-state index in [2.05, 4.69) is 16.0 Å². The van der Waals surface area contributed by atoms with Gasteiger partial charge in [0.1, 0.15) is 0 Å². The molecule has 30 heavy (non-hydrogen) atoms. The Hall–Kier alpha value is -2.73. The normalized spacial score (nSPS) is 18.4. The Balaban J connectivity index is 1.42. The number of carbonyl (C=O) groups is 2. The van der Waals surface area contributed by atoms with Crippen LogP contribution in [0.4, 0.5) is 10.5 Å². The second kappa shape index (κ2) is 10.3. The number of halogens is 1. The highest BCUT2D eigenvalue weighted by Crippen LogP contribution is 2.22. The lowest BCUT2D eigenvalue weighted by atomic mass is 9.91. The molecule has 3 N–H and O–H groups in total. The molecule has 160 valence electrons. The van der Waals surface area contributed by atoms with E-state index in [1.807, 2.05) is 67.5 Å². The Morgan fingerprint density at radius 1 is 0.933 bits per heavy atom. The van der Waals surface area contributed by atoms with Crippen molar-refractivity contribution in [2.24, 2.45) is 0 Å². The molecule has 7 heteroatoms. The van der Waals surface area contributed by atoms with Gasteiger partial charge in [-0.15, -0.1) is 0 Å². The summed E-state index contributed by atoms with van der Waals surface area (Å²) in [5.74, 6) is -0.0450. The lowest BCUT2D eigenvalue weighted by Gasteiger charge is -2.30. The molecule has 3 amide bonds. The number of hydrogen-bond acceptors (Lipinski definition) is 3. The first-order chi connectivity index (χ1) is 14.4. The van der Waals surface area contributed by atoms with Gasteiger partial charge >= 0.3 is 6.03 Å². The SMILES string of the molecule is CN(C)c1ccccc1C(=O)NC1CCC(NC(=O)NCc2ccc(Cl)cc2)CC1. The van der Waals surface area contributed by atoms with Gasteiger partial charge in [0, 0.05) is 43.4 Å². The van der Waals surface area contributed by atoms with Gasteiger partial charge in [-0.05, 0) is 55.5 Å². The number of rotatable bonds is 6. The molecule has 1 saturated carbocycles. The van der Waals surface area contributed by atoms with Gasteiger partial charge < -0.3 is 20.9 Å². The van der Waals surface area contributed by atoms with Crippen molar-refractivity contribution in [1.82, 2.24) is 16.0 Å². The molecule has 0 unspecified atom stereocenters. The number of nitrogens with one attached hydrogen (secondary N) is 3. The summed E-state index contributed by atoms with van der Waals surface area (Å²) in [6, 6.07) is 15.1. The van der Waals surface area contributed by atoms with E-state index in [1.54, 1.807) is 0 Å². The largest absolute Gasteiger partial charge is 0.377 e. The van der Waals surface area contributed by atoms with Crippen LogP contribution in [0.15, 0.2) is 48.5 Å². The number of para-hydroxylation sites is 1. The minimum absolute atomic E-state index is 0.0450. The highest BCUT2D eigenvalue weighted by atomic mass is 35.5. The van der Waals surface area contributed by atoms with Crippen molar-refractivity contribution in [3.8, 4) is 0 Å². The van der Waals surface area contributed by atoms with Gasteiger partial charge in [0.2, 0.25) is 0 Å². The van der Waals surface area contributed by atoms with Crippen molar-refractivity contribution in [2.45, 2.75) is 44.3 Å². The van der Waals surface area contributed by atoms with Gasteiger partial charge in [0.15, 0.2) is 0 Å². The van der Waals surface area contributed by atoms with Crippen LogP contribution in [0.1, 0.15) is 41.6 Å². The summed E-state index contributed by atoms with van der Waals surface area (Å²) in [7, 11) is 3.86. The molecule has 3 rings (SSSR count). The molecule has 0 bridgehead atoms. The molecule has 0 saturated heterocycles. The zero-order valence-corrected chi connectivity index (χ0v) is 18.2. The van der Waals surface area contributed by atoms with Crippen molar-refractivity contribution in [2.75, 3.05) is 19.0 Å². The first-order valence-electron chi connectivity index (χ1n) is 10.3.